The largest absolute Gasteiger partial charge is 0.486 e. The minimum absolute atomic E-state index is 0.0185. The third kappa shape index (κ3) is 5.01. The van der Waals surface area contributed by atoms with E-state index in [4.69, 9.17) is 13.9 Å². The summed E-state index contributed by atoms with van der Waals surface area (Å²) >= 11 is 0. The third-order valence-corrected chi connectivity index (χ3v) is 3.06. The fraction of sp³-hybridized carbons (Fsp3) is 0.222. The molecule has 1 aromatic carbocycles. The van der Waals surface area contributed by atoms with Crippen molar-refractivity contribution >= 4 is 11.9 Å². The van der Waals surface area contributed by atoms with Crippen molar-refractivity contribution in [1.29, 1.82) is 0 Å². The van der Waals surface area contributed by atoms with E-state index in [0.29, 0.717) is 18.1 Å². The number of amides is 1. The molecule has 1 unspecified atom stereocenters. The van der Waals surface area contributed by atoms with Gasteiger partial charge in [0.1, 0.15) is 18.1 Å². The number of hydrogen-bond acceptors (Lipinski definition) is 5. The van der Waals surface area contributed by atoms with Gasteiger partial charge in [-0.3, -0.25) is 4.79 Å². The van der Waals surface area contributed by atoms with E-state index in [1.165, 1.54) is 19.1 Å². The Bertz CT molecular complexity index is 692. The van der Waals surface area contributed by atoms with E-state index in [1.807, 2.05) is 30.3 Å². The molecule has 0 saturated heterocycles. The molecule has 2 aromatic rings. The molecule has 0 saturated carbocycles. The van der Waals surface area contributed by atoms with Gasteiger partial charge in [0.15, 0.2) is 6.10 Å². The van der Waals surface area contributed by atoms with Crippen LogP contribution in [0.5, 0.6) is 5.75 Å². The summed E-state index contributed by atoms with van der Waals surface area (Å²) < 4.78 is 16.0. The molecule has 1 atom stereocenters. The van der Waals surface area contributed by atoms with Crippen molar-refractivity contribution in [3.05, 3.63) is 66.6 Å². The first-order chi connectivity index (χ1) is 11.6. The molecule has 0 aliphatic heterocycles. The number of hydrogen-bond donors (Lipinski definition) is 1. The molecule has 24 heavy (non-hydrogen) atoms. The Kier molecular flexibility index (Phi) is 6.19. The molecule has 6 heteroatoms. The molecule has 1 amide bonds. The van der Waals surface area contributed by atoms with E-state index in [1.54, 1.807) is 6.07 Å². The van der Waals surface area contributed by atoms with Crippen molar-refractivity contribution in [1.82, 2.24) is 5.32 Å². The topological polar surface area (TPSA) is 77.8 Å². The van der Waals surface area contributed by atoms with Crippen LogP contribution in [-0.4, -0.2) is 24.5 Å². The maximum atomic E-state index is 12.0. The highest BCUT2D eigenvalue weighted by Gasteiger charge is 2.20. The Balaban J connectivity index is 1.86. The van der Waals surface area contributed by atoms with Crippen LogP contribution in [0, 0.1) is 0 Å². The molecule has 0 radical (unpaired) electrons. The fourth-order valence-corrected chi connectivity index (χ4v) is 1.83. The van der Waals surface area contributed by atoms with E-state index in [2.05, 4.69) is 11.9 Å². The van der Waals surface area contributed by atoms with Gasteiger partial charge in [0.2, 0.25) is 5.76 Å². The number of ether oxygens (including phenoxy) is 2. The maximum Gasteiger partial charge on any atom is 0.375 e. The lowest BCUT2D eigenvalue weighted by Gasteiger charge is -2.11. The average molecular weight is 329 g/mol. The van der Waals surface area contributed by atoms with Gasteiger partial charge in [-0.25, -0.2) is 4.79 Å². The number of carbonyl (C=O) groups is 2. The third-order valence-electron chi connectivity index (χ3n) is 3.06. The lowest BCUT2D eigenvalue weighted by atomic mass is 10.3. The zero-order chi connectivity index (χ0) is 17.4. The van der Waals surface area contributed by atoms with Gasteiger partial charge in [-0.1, -0.05) is 24.3 Å². The summed E-state index contributed by atoms with van der Waals surface area (Å²) in [6, 6.07) is 12.4. The highest BCUT2D eigenvalue weighted by molar-refractivity contribution is 5.90. The van der Waals surface area contributed by atoms with Gasteiger partial charge in [-0.2, -0.15) is 0 Å². The number of furan rings is 1. The zero-order valence-electron chi connectivity index (χ0n) is 13.4. The molecular weight excluding hydrogens is 310 g/mol. The Morgan fingerprint density at radius 2 is 2.00 bits per heavy atom. The molecule has 0 bridgehead atoms. The van der Waals surface area contributed by atoms with Crippen LogP contribution < -0.4 is 10.1 Å². The van der Waals surface area contributed by atoms with Crippen molar-refractivity contribution < 1.29 is 23.5 Å². The molecule has 2 rings (SSSR count). The van der Waals surface area contributed by atoms with Crippen molar-refractivity contribution in [3.63, 3.8) is 0 Å². The van der Waals surface area contributed by atoms with Crippen molar-refractivity contribution in [2.45, 2.75) is 19.6 Å². The molecule has 0 fully saturated rings. The van der Waals surface area contributed by atoms with Gasteiger partial charge in [0.05, 0.1) is 0 Å². The molecule has 6 nitrogen and oxygen atoms in total. The number of carbonyl (C=O) groups excluding carboxylic acids is 2. The molecule has 1 aromatic heterocycles. The van der Waals surface area contributed by atoms with E-state index in [9.17, 15) is 9.59 Å². The second-order valence-corrected chi connectivity index (χ2v) is 4.95. The highest BCUT2D eigenvalue weighted by atomic mass is 16.6. The zero-order valence-corrected chi connectivity index (χ0v) is 13.4. The SMILES string of the molecule is C=CCNC(=O)C(C)OC(=O)c1ccc(COc2ccccc2)o1. The molecule has 1 N–H and O–H groups in total. The van der Waals surface area contributed by atoms with Crippen LogP contribution in [0.2, 0.25) is 0 Å². The summed E-state index contributed by atoms with van der Waals surface area (Å²) in [4.78, 5) is 23.6. The molecule has 126 valence electrons. The Morgan fingerprint density at radius 3 is 2.71 bits per heavy atom. The van der Waals surface area contributed by atoms with Gasteiger partial charge < -0.3 is 19.2 Å². The number of esters is 1. The Morgan fingerprint density at radius 1 is 1.25 bits per heavy atom. The van der Waals surface area contributed by atoms with Crippen molar-refractivity contribution in [2.24, 2.45) is 0 Å². The first kappa shape index (κ1) is 17.3. The summed E-state index contributed by atoms with van der Waals surface area (Å²) in [5.41, 5.74) is 0. The monoisotopic (exact) mass is 329 g/mol. The number of benzene rings is 1. The Hall–Kier alpha value is -3.02. The van der Waals surface area contributed by atoms with Crippen molar-refractivity contribution in [3.8, 4) is 5.75 Å². The summed E-state index contributed by atoms with van der Waals surface area (Å²) in [5.74, 6) is 0.0924. The first-order valence-corrected chi connectivity index (χ1v) is 7.46. The number of nitrogens with one attached hydrogen (secondary N) is 1. The van der Waals surface area contributed by atoms with E-state index in [0.717, 1.165) is 0 Å². The summed E-state index contributed by atoms with van der Waals surface area (Å²) in [5, 5.41) is 2.55. The second-order valence-electron chi connectivity index (χ2n) is 4.95. The van der Waals surface area contributed by atoms with Gasteiger partial charge in [0.25, 0.3) is 5.91 Å². The van der Waals surface area contributed by atoms with Crippen LogP contribution >= 0.6 is 0 Å². The van der Waals surface area contributed by atoms with Crippen LogP contribution in [0.15, 0.2) is 59.5 Å². The summed E-state index contributed by atoms with van der Waals surface area (Å²) in [7, 11) is 0. The van der Waals surface area contributed by atoms with Crippen LogP contribution in [0.4, 0.5) is 0 Å². The highest BCUT2D eigenvalue weighted by Crippen LogP contribution is 2.15. The molecule has 0 aliphatic rings. The smallest absolute Gasteiger partial charge is 0.375 e. The Labute approximate surface area is 140 Å². The minimum atomic E-state index is -0.924. The van der Waals surface area contributed by atoms with Crippen LogP contribution in [0.1, 0.15) is 23.2 Å². The predicted molar refractivity (Wildman–Crippen MR) is 87.6 cm³/mol. The van der Waals surface area contributed by atoms with Gasteiger partial charge in [0, 0.05) is 6.54 Å². The van der Waals surface area contributed by atoms with Crippen molar-refractivity contribution in [2.75, 3.05) is 6.54 Å². The average Bonchev–Trinajstić information content (AvgIpc) is 3.07. The van der Waals surface area contributed by atoms with Gasteiger partial charge >= 0.3 is 5.97 Å². The quantitative estimate of drug-likeness (QED) is 0.595. The van der Waals surface area contributed by atoms with Gasteiger partial charge in [-0.05, 0) is 31.2 Å². The number of rotatable bonds is 8. The molecular formula is C18H19NO5. The maximum absolute atomic E-state index is 12.0. The minimum Gasteiger partial charge on any atom is -0.486 e. The van der Waals surface area contributed by atoms with Crippen LogP contribution in [0.25, 0.3) is 0 Å². The second kappa shape index (κ2) is 8.57. The summed E-state index contributed by atoms with van der Waals surface area (Å²) in [6.07, 6.45) is 0.615. The first-order valence-electron chi connectivity index (χ1n) is 7.46. The lowest BCUT2D eigenvalue weighted by molar-refractivity contribution is -0.128. The van der Waals surface area contributed by atoms with E-state index in [-0.39, 0.29) is 12.4 Å². The summed E-state index contributed by atoms with van der Waals surface area (Å²) in [6.45, 7) is 5.47. The molecule has 0 spiro atoms. The fourth-order valence-electron chi connectivity index (χ4n) is 1.83. The predicted octanol–water partition coefficient (Wildman–Crippen LogP) is 2.71. The van der Waals surface area contributed by atoms with E-state index >= 15 is 0 Å². The normalized spacial score (nSPS) is 11.4. The van der Waals surface area contributed by atoms with Gasteiger partial charge in [-0.15, -0.1) is 6.58 Å². The molecule has 0 aliphatic carbocycles. The van der Waals surface area contributed by atoms with Crippen LogP contribution in [0.3, 0.4) is 0 Å². The lowest BCUT2D eigenvalue weighted by Crippen LogP contribution is -2.35. The number of para-hydroxylation sites is 1. The molecule has 1 heterocycles. The van der Waals surface area contributed by atoms with Crippen LogP contribution in [-0.2, 0) is 16.1 Å². The van der Waals surface area contributed by atoms with E-state index < -0.39 is 18.0 Å². The standard InChI is InChI=1S/C18H19NO5/c1-3-11-19-17(20)13(2)23-18(21)16-10-9-15(24-16)12-22-14-7-5-4-6-8-14/h3-10,13H,1,11-12H2,2H3,(H,19,20).